The van der Waals surface area contributed by atoms with Crippen molar-refractivity contribution in [2.24, 2.45) is 11.8 Å². The number of carbonyl (C=O) groups is 1. The molecule has 1 amide bonds. The Hall–Kier alpha value is -2.12. The Labute approximate surface area is 185 Å². The summed E-state index contributed by atoms with van der Waals surface area (Å²) in [5, 5.41) is 17.6. The molecule has 0 radical (unpaired) electrons. The zero-order valence-electron chi connectivity index (χ0n) is 19.1. The molecule has 2 fully saturated rings. The van der Waals surface area contributed by atoms with Gasteiger partial charge in [0.15, 0.2) is 0 Å². The number of pyridine rings is 1. The molecule has 1 aliphatic carbocycles. The number of fused-ring (bicyclic) bond motifs is 1. The fourth-order valence-corrected chi connectivity index (χ4v) is 5.46. The van der Waals surface area contributed by atoms with E-state index < -0.39 is 5.60 Å². The number of rotatable bonds is 6. The van der Waals surface area contributed by atoms with Crippen molar-refractivity contribution >= 4 is 22.6 Å². The highest BCUT2D eigenvalue weighted by Crippen LogP contribution is 2.40. The maximum Gasteiger partial charge on any atom is 0.269 e. The van der Waals surface area contributed by atoms with Crippen molar-refractivity contribution in [3.63, 3.8) is 0 Å². The Morgan fingerprint density at radius 3 is 2.87 bits per heavy atom. The maximum atomic E-state index is 13.2. The largest absolute Gasteiger partial charge is 0.390 e. The van der Waals surface area contributed by atoms with Crippen molar-refractivity contribution in [1.29, 1.82) is 0 Å². The number of aromatic nitrogens is 2. The lowest BCUT2D eigenvalue weighted by Gasteiger charge is -2.42. The summed E-state index contributed by atoms with van der Waals surface area (Å²) in [4.78, 5) is 20.8. The number of hydrogen-bond acceptors (Lipinski definition) is 5. The molecule has 1 unspecified atom stereocenters. The highest BCUT2D eigenvalue weighted by Gasteiger charge is 2.38. The van der Waals surface area contributed by atoms with Gasteiger partial charge >= 0.3 is 0 Å². The second-order valence-electron chi connectivity index (χ2n) is 9.80. The lowest BCUT2D eigenvalue weighted by molar-refractivity contribution is -0.0394. The summed E-state index contributed by atoms with van der Waals surface area (Å²) in [6.07, 6.45) is 10.5. The Bertz CT molecular complexity index is 907. The SMILES string of the molecule is CC[C@]1(O)CC(C)C[C@H]([C@H](C)Nc2c(C(=O)NN3CCCCC3)cnc3[nH]ccc23)C1. The number of aromatic amines is 1. The standard InChI is InChI=1S/C24H37N5O2/c1-4-24(31)13-16(2)12-18(14-24)17(3)27-21-19-8-9-25-22(19)26-15-20(21)23(30)28-29-10-6-5-7-11-29/h8-9,15-18,31H,4-7,10-14H2,1-3H3,(H,28,30)(H2,25,26,27)/t16?,17-,18-,24-/m0/s1. The van der Waals surface area contributed by atoms with Crippen LogP contribution in [-0.4, -0.2) is 50.7 Å². The first-order valence-corrected chi connectivity index (χ1v) is 11.9. The van der Waals surface area contributed by atoms with Crippen LogP contribution in [0.15, 0.2) is 18.5 Å². The van der Waals surface area contributed by atoms with Crippen molar-refractivity contribution in [2.45, 2.75) is 77.4 Å². The van der Waals surface area contributed by atoms with Crippen LogP contribution in [-0.2, 0) is 0 Å². The number of amides is 1. The van der Waals surface area contributed by atoms with Crippen LogP contribution in [0.4, 0.5) is 5.69 Å². The maximum absolute atomic E-state index is 13.2. The molecule has 1 saturated carbocycles. The van der Waals surface area contributed by atoms with Gasteiger partial charge < -0.3 is 15.4 Å². The first-order valence-electron chi connectivity index (χ1n) is 11.9. The van der Waals surface area contributed by atoms with E-state index >= 15 is 0 Å². The van der Waals surface area contributed by atoms with E-state index in [2.05, 4.69) is 41.5 Å². The van der Waals surface area contributed by atoms with Crippen LogP contribution in [0, 0.1) is 11.8 Å². The van der Waals surface area contributed by atoms with E-state index in [0.29, 0.717) is 17.4 Å². The summed E-state index contributed by atoms with van der Waals surface area (Å²) in [6.45, 7) is 8.25. The molecule has 1 saturated heterocycles. The van der Waals surface area contributed by atoms with Crippen LogP contribution >= 0.6 is 0 Å². The number of piperidine rings is 1. The molecule has 7 heteroatoms. The smallest absolute Gasteiger partial charge is 0.269 e. The van der Waals surface area contributed by atoms with Crippen LogP contribution in [0.25, 0.3) is 11.0 Å². The third kappa shape index (κ3) is 4.88. The zero-order valence-corrected chi connectivity index (χ0v) is 19.1. The number of H-pyrrole nitrogens is 1. The predicted octanol–water partition coefficient (Wildman–Crippen LogP) is 4.07. The van der Waals surface area contributed by atoms with Crippen LogP contribution in [0.2, 0.25) is 0 Å². The van der Waals surface area contributed by atoms with Gasteiger partial charge in [-0.15, -0.1) is 0 Å². The van der Waals surface area contributed by atoms with E-state index in [1.54, 1.807) is 6.20 Å². The van der Waals surface area contributed by atoms with Crippen LogP contribution < -0.4 is 10.7 Å². The van der Waals surface area contributed by atoms with Crippen molar-refractivity contribution < 1.29 is 9.90 Å². The third-order valence-corrected chi connectivity index (χ3v) is 7.26. The van der Waals surface area contributed by atoms with E-state index in [1.807, 2.05) is 17.3 Å². The van der Waals surface area contributed by atoms with Crippen molar-refractivity contribution in [2.75, 3.05) is 18.4 Å². The molecular formula is C24H37N5O2. The van der Waals surface area contributed by atoms with E-state index in [9.17, 15) is 9.90 Å². The number of hydrazine groups is 1. The lowest BCUT2D eigenvalue weighted by Crippen LogP contribution is -2.45. The summed E-state index contributed by atoms with van der Waals surface area (Å²) < 4.78 is 0. The molecule has 170 valence electrons. The molecule has 2 aromatic rings. The topological polar surface area (TPSA) is 93.3 Å². The molecule has 0 spiro atoms. The molecule has 2 aromatic heterocycles. The highest BCUT2D eigenvalue weighted by molar-refractivity contribution is 6.06. The van der Waals surface area contributed by atoms with Gasteiger partial charge in [0.05, 0.1) is 16.9 Å². The minimum atomic E-state index is -0.589. The molecular weight excluding hydrogens is 390 g/mol. The van der Waals surface area contributed by atoms with Crippen molar-refractivity contribution in [1.82, 2.24) is 20.4 Å². The average Bonchev–Trinajstić information content (AvgIpc) is 3.23. The van der Waals surface area contributed by atoms with Crippen molar-refractivity contribution in [3.05, 3.63) is 24.0 Å². The van der Waals surface area contributed by atoms with Gasteiger partial charge in [-0.05, 0) is 63.4 Å². The number of nitrogens with zero attached hydrogens (tertiary/aromatic N) is 2. The Morgan fingerprint density at radius 2 is 2.13 bits per heavy atom. The van der Waals surface area contributed by atoms with Gasteiger partial charge in [0, 0.05) is 36.9 Å². The first-order chi connectivity index (χ1) is 14.9. The first kappa shape index (κ1) is 22.1. The fraction of sp³-hybridized carbons (Fsp3) is 0.667. The molecule has 3 heterocycles. The fourth-order valence-electron chi connectivity index (χ4n) is 5.46. The van der Waals surface area contributed by atoms with Crippen molar-refractivity contribution in [3.8, 4) is 0 Å². The van der Waals surface area contributed by atoms with Crippen LogP contribution in [0.1, 0.15) is 76.1 Å². The van der Waals surface area contributed by atoms with Gasteiger partial charge in [-0.1, -0.05) is 20.3 Å². The summed E-state index contributed by atoms with van der Waals surface area (Å²) in [7, 11) is 0. The zero-order chi connectivity index (χ0) is 22.0. The molecule has 4 atom stereocenters. The van der Waals surface area contributed by atoms with E-state index in [1.165, 1.54) is 6.42 Å². The molecule has 7 nitrogen and oxygen atoms in total. The third-order valence-electron chi connectivity index (χ3n) is 7.26. The number of carbonyl (C=O) groups excluding carboxylic acids is 1. The molecule has 4 rings (SSSR count). The van der Waals surface area contributed by atoms with Crippen LogP contribution in [0.5, 0.6) is 0 Å². The summed E-state index contributed by atoms with van der Waals surface area (Å²) in [5.41, 5.74) is 4.65. The molecule has 2 aliphatic rings. The second-order valence-corrected chi connectivity index (χ2v) is 9.80. The summed E-state index contributed by atoms with van der Waals surface area (Å²) >= 11 is 0. The molecule has 0 bridgehead atoms. The van der Waals surface area contributed by atoms with E-state index in [0.717, 1.165) is 68.3 Å². The number of aliphatic hydroxyl groups is 1. The average molecular weight is 428 g/mol. The quantitative estimate of drug-likeness (QED) is 0.558. The minimum Gasteiger partial charge on any atom is -0.390 e. The predicted molar refractivity (Wildman–Crippen MR) is 124 cm³/mol. The molecule has 4 N–H and O–H groups in total. The van der Waals surface area contributed by atoms with E-state index in [-0.39, 0.29) is 11.9 Å². The second kappa shape index (κ2) is 9.17. The number of anilines is 1. The lowest BCUT2D eigenvalue weighted by atomic mass is 9.70. The number of hydrogen-bond donors (Lipinski definition) is 4. The van der Waals surface area contributed by atoms with Crippen LogP contribution in [0.3, 0.4) is 0 Å². The monoisotopic (exact) mass is 427 g/mol. The molecule has 1 aliphatic heterocycles. The van der Waals surface area contributed by atoms with E-state index in [4.69, 9.17) is 0 Å². The Morgan fingerprint density at radius 1 is 1.35 bits per heavy atom. The summed E-state index contributed by atoms with van der Waals surface area (Å²) in [5.74, 6) is 0.711. The van der Waals surface area contributed by atoms with Gasteiger partial charge in [-0.3, -0.25) is 10.2 Å². The van der Waals surface area contributed by atoms with Gasteiger partial charge in [-0.25, -0.2) is 9.99 Å². The number of nitrogens with one attached hydrogen (secondary N) is 3. The van der Waals surface area contributed by atoms with Gasteiger partial charge in [0.1, 0.15) is 5.65 Å². The van der Waals surface area contributed by atoms with Gasteiger partial charge in [-0.2, -0.15) is 0 Å². The Balaban J connectivity index is 1.57. The van der Waals surface area contributed by atoms with Gasteiger partial charge in [0.25, 0.3) is 5.91 Å². The minimum absolute atomic E-state index is 0.116. The normalized spacial score (nSPS) is 28.4. The summed E-state index contributed by atoms with van der Waals surface area (Å²) in [6, 6.07) is 2.10. The molecule has 31 heavy (non-hydrogen) atoms. The Kier molecular flexibility index (Phi) is 6.53. The van der Waals surface area contributed by atoms with Gasteiger partial charge in [0.2, 0.25) is 0 Å². The highest BCUT2D eigenvalue weighted by atomic mass is 16.3. The molecule has 0 aromatic carbocycles.